The maximum absolute atomic E-state index is 14.5. The number of nitrogens with zero attached hydrogens (tertiary/aromatic N) is 1. The second-order valence-corrected chi connectivity index (χ2v) is 22.3. The van der Waals surface area contributed by atoms with Gasteiger partial charge in [0.25, 0.3) is 15.9 Å². The van der Waals surface area contributed by atoms with Gasteiger partial charge in [-0.3, -0.25) is 14.4 Å². The maximum Gasteiger partial charge on any atom is 0.315 e. The number of nitrogens with one attached hydrogen (secondary N) is 4. The predicted octanol–water partition coefficient (Wildman–Crippen LogP) is 4.45. The second kappa shape index (κ2) is 16.0. The second-order valence-electron chi connectivity index (χ2n) is 17.9. The molecule has 5 amide bonds. The number of benzene rings is 1. The molecule has 3 fully saturated rings. The van der Waals surface area contributed by atoms with E-state index in [-0.39, 0.29) is 41.2 Å². The van der Waals surface area contributed by atoms with E-state index in [1.54, 1.807) is 43.9 Å². The van der Waals surface area contributed by atoms with Gasteiger partial charge >= 0.3 is 6.03 Å². The molecule has 13 nitrogen and oxygen atoms in total. The van der Waals surface area contributed by atoms with Gasteiger partial charge in [0.1, 0.15) is 11.6 Å². The third kappa shape index (κ3) is 9.66. The van der Waals surface area contributed by atoms with E-state index in [1.807, 2.05) is 34.6 Å². The highest BCUT2D eigenvalue weighted by atomic mass is 32.2. The lowest BCUT2D eigenvalue weighted by atomic mass is 9.83. The Morgan fingerprint density at radius 1 is 0.944 bits per heavy atom. The first-order chi connectivity index (χ1) is 24.9. The summed E-state index contributed by atoms with van der Waals surface area (Å²) in [7, 11) is -7.78. The molecule has 0 radical (unpaired) electrons. The van der Waals surface area contributed by atoms with Crippen LogP contribution in [-0.4, -0.2) is 85.7 Å². The van der Waals surface area contributed by atoms with Crippen LogP contribution in [0.1, 0.15) is 107 Å². The van der Waals surface area contributed by atoms with E-state index in [1.165, 1.54) is 18.2 Å². The van der Waals surface area contributed by atoms with Crippen molar-refractivity contribution < 1.29 is 36.0 Å². The molecule has 302 valence electrons. The summed E-state index contributed by atoms with van der Waals surface area (Å²) in [5.41, 5.74) is -3.23. The molecule has 1 aliphatic heterocycles. The largest absolute Gasteiger partial charge is 0.341 e. The number of sulfonamides is 1. The van der Waals surface area contributed by atoms with Gasteiger partial charge in [-0.1, -0.05) is 78.2 Å². The minimum Gasteiger partial charge on any atom is -0.341 e. The van der Waals surface area contributed by atoms with Gasteiger partial charge in [0.05, 0.1) is 20.9 Å². The van der Waals surface area contributed by atoms with Crippen LogP contribution in [0, 0.1) is 23.2 Å². The molecule has 1 aromatic rings. The number of carbonyl (C=O) groups excluding carboxylic acids is 4. The first-order valence-corrected chi connectivity index (χ1v) is 22.2. The van der Waals surface area contributed by atoms with Crippen molar-refractivity contribution in [3.63, 3.8) is 0 Å². The van der Waals surface area contributed by atoms with Crippen molar-refractivity contribution in [1.29, 1.82) is 0 Å². The number of amides is 5. The Balaban J connectivity index is 1.53. The van der Waals surface area contributed by atoms with E-state index < -0.39 is 76.9 Å². The van der Waals surface area contributed by atoms with Crippen molar-refractivity contribution in [1.82, 2.24) is 25.6 Å². The van der Waals surface area contributed by atoms with E-state index in [4.69, 9.17) is 0 Å². The molecular formula is C39H61N5O8S2. The van der Waals surface area contributed by atoms with E-state index >= 15 is 0 Å². The Hall–Kier alpha value is -3.46. The van der Waals surface area contributed by atoms with Crippen molar-refractivity contribution in [3.05, 3.63) is 43.0 Å². The summed E-state index contributed by atoms with van der Waals surface area (Å²) >= 11 is 0. The lowest BCUT2D eigenvalue weighted by molar-refractivity contribution is -0.138. The minimum atomic E-state index is -4.20. The van der Waals surface area contributed by atoms with Crippen LogP contribution in [0.4, 0.5) is 4.79 Å². The highest BCUT2D eigenvalue weighted by Gasteiger charge is 2.61. The zero-order chi connectivity index (χ0) is 40.5. The van der Waals surface area contributed by atoms with E-state index in [2.05, 4.69) is 27.3 Å². The Morgan fingerprint density at radius 2 is 1.56 bits per heavy atom. The summed E-state index contributed by atoms with van der Waals surface area (Å²) < 4.78 is 53.8. The Labute approximate surface area is 322 Å². The molecule has 5 atom stereocenters. The molecule has 4 N–H and O–H groups in total. The molecule has 1 aromatic carbocycles. The zero-order valence-corrected chi connectivity index (χ0v) is 34.8. The van der Waals surface area contributed by atoms with Crippen molar-refractivity contribution in [2.45, 2.75) is 140 Å². The highest BCUT2D eigenvalue weighted by Crippen LogP contribution is 2.45. The summed E-state index contributed by atoms with van der Waals surface area (Å²) in [5, 5.41) is 8.71. The molecule has 1 heterocycles. The number of likely N-dealkylation sites (tertiary alicyclic amines) is 1. The smallest absolute Gasteiger partial charge is 0.315 e. The quantitative estimate of drug-likeness (QED) is 0.211. The molecule has 15 heteroatoms. The van der Waals surface area contributed by atoms with Gasteiger partial charge in [-0.05, 0) is 75.8 Å². The van der Waals surface area contributed by atoms with Crippen LogP contribution >= 0.6 is 0 Å². The standard InChI is InChI=1S/C39H61N5O8S2/c1-10-27-24-39(27,34(47)43-54(51,52)28-17-13-11-14-18-28)41-31(45)23-30-29(26(2)3)19-22-44(30)33(46)32(36(4,5)6)40-35(48)42-38(20-15-12-16-21-38)25-53(49,50)37(7,8)9/h10-11,13-14,17-18,26-27,29-30,32H,1,12,15-16,19-25H2,2-9H3,(H,41,45)(H,43,47)(H2,40,42,48)/t27?,29?,30?,32?,39-/m1/s1. The number of urea groups is 1. The maximum atomic E-state index is 14.5. The first kappa shape index (κ1) is 43.3. The van der Waals surface area contributed by atoms with Crippen LogP contribution in [-0.2, 0) is 34.2 Å². The fourth-order valence-electron chi connectivity index (χ4n) is 7.92. The summed E-state index contributed by atoms with van der Waals surface area (Å²) in [6, 6.07) is 5.28. The molecule has 2 aliphatic carbocycles. The van der Waals surface area contributed by atoms with Gasteiger partial charge in [0, 0.05) is 24.9 Å². The molecule has 54 heavy (non-hydrogen) atoms. The lowest BCUT2D eigenvalue weighted by Gasteiger charge is -2.41. The van der Waals surface area contributed by atoms with Gasteiger partial charge in [-0.15, -0.1) is 6.58 Å². The van der Waals surface area contributed by atoms with E-state index in [0.717, 1.165) is 19.3 Å². The van der Waals surface area contributed by atoms with Crippen LogP contribution in [0.3, 0.4) is 0 Å². The summed E-state index contributed by atoms with van der Waals surface area (Å²) in [5.74, 6) is -2.41. The molecule has 3 aliphatic rings. The molecule has 4 unspecified atom stereocenters. The lowest BCUT2D eigenvalue weighted by Crippen LogP contribution is -2.63. The topological polar surface area (TPSA) is 188 Å². The van der Waals surface area contributed by atoms with Crippen molar-refractivity contribution >= 4 is 43.6 Å². The molecule has 0 bridgehead atoms. The SMILES string of the molecule is C=CC1C[C@]1(NC(=O)CC1C(C(C)C)CCN1C(=O)C(NC(=O)NC1(CS(=O)(=O)C(C)(C)C)CCCCC1)C(C)(C)C)C(=O)NS(=O)(=O)c1ccccc1. The number of hydrogen-bond donors (Lipinski definition) is 4. The Morgan fingerprint density at radius 3 is 2.07 bits per heavy atom. The van der Waals surface area contributed by atoms with Crippen molar-refractivity contribution in [2.24, 2.45) is 23.2 Å². The van der Waals surface area contributed by atoms with E-state index in [0.29, 0.717) is 25.8 Å². The first-order valence-electron chi connectivity index (χ1n) is 19.1. The normalized spacial score (nSPS) is 25.0. The third-order valence-electron chi connectivity index (χ3n) is 11.5. The summed E-state index contributed by atoms with van der Waals surface area (Å²) in [6.45, 7) is 18.6. The van der Waals surface area contributed by atoms with Crippen LogP contribution in [0.2, 0.25) is 0 Å². The fraction of sp³-hybridized carbons (Fsp3) is 0.692. The van der Waals surface area contributed by atoms with Crippen LogP contribution < -0.4 is 20.7 Å². The van der Waals surface area contributed by atoms with Crippen molar-refractivity contribution in [2.75, 3.05) is 12.3 Å². The van der Waals surface area contributed by atoms with Crippen LogP contribution in [0.15, 0.2) is 47.9 Å². The monoisotopic (exact) mass is 791 g/mol. The molecule has 0 spiro atoms. The highest BCUT2D eigenvalue weighted by molar-refractivity contribution is 7.92. The molecular weight excluding hydrogens is 731 g/mol. The number of sulfone groups is 1. The van der Waals surface area contributed by atoms with Crippen LogP contribution in [0.5, 0.6) is 0 Å². The Kier molecular flexibility index (Phi) is 12.8. The molecule has 2 saturated carbocycles. The van der Waals surface area contributed by atoms with Gasteiger partial charge < -0.3 is 20.9 Å². The minimum absolute atomic E-state index is 0.0695. The Bertz CT molecular complexity index is 1790. The van der Waals surface area contributed by atoms with Crippen LogP contribution in [0.25, 0.3) is 0 Å². The molecule has 4 rings (SSSR count). The average molecular weight is 792 g/mol. The predicted molar refractivity (Wildman–Crippen MR) is 208 cm³/mol. The van der Waals surface area contributed by atoms with Crippen molar-refractivity contribution in [3.8, 4) is 0 Å². The molecule has 1 saturated heterocycles. The van der Waals surface area contributed by atoms with Gasteiger partial charge in [-0.25, -0.2) is 26.4 Å². The average Bonchev–Trinajstić information content (AvgIpc) is 3.62. The molecule has 0 aromatic heterocycles. The van der Waals surface area contributed by atoms with Gasteiger partial charge in [0.15, 0.2) is 9.84 Å². The van der Waals surface area contributed by atoms with Gasteiger partial charge in [-0.2, -0.15) is 0 Å². The fourth-order valence-corrected chi connectivity index (χ4v) is 10.5. The number of rotatable bonds is 13. The number of hydrogen-bond acceptors (Lipinski definition) is 8. The number of carbonyl (C=O) groups is 4. The van der Waals surface area contributed by atoms with Gasteiger partial charge in [0.2, 0.25) is 11.8 Å². The van der Waals surface area contributed by atoms with E-state index in [9.17, 15) is 36.0 Å². The zero-order valence-electron chi connectivity index (χ0n) is 33.2. The third-order valence-corrected chi connectivity index (χ3v) is 15.6. The summed E-state index contributed by atoms with van der Waals surface area (Å²) in [6.07, 6.45) is 5.66. The summed E-state index contributed by atoms with van der Waals surface area (Å²) in [4.78, 5) is 57.2.